The van der Waals surface area contributed by atoms with Gasteiger partial charge in [0.15, 0.2) is 0 Å². The van der Waals surface area contributed by atoms with Crippen LogP contribution in [-0.4, -0.2) is 18.5 Å². The lowest BCUT2D eigenvalue weighted by Gasteiger charge is -2.26. The first-order valence-electron chi connectivity index (χ1n) is 5.99. The van der Waals surface area contributed by atoms with Gasteiger partial charge in [0.1, 0.15) is 5.82 Å². The average Bonchev–Trinajstić information content (AvgIpc) is 2.80. The zero-order chi connectivity index (χ0) is 13.8. The van der Waals surface area contributed by atoms with E-state index in [1.54, 1.807) is 23.5 Å². The smallest absolute Gasteiger partial charge is 0.123 e. The fourth-order valence-electron chi connectivity index (χ4n) is 2.00. The van der Waals surface area contributed by atoms with E-state index in [-0.39, 0.29) is 11.9 Å². The summed E-state index contributed by atoms with van der Waals surface area (Å²) in [4.78, 5) is 3.30. The zero-order valence-electron chi connectivity index (χ0n) is 10.6. The predicted octanol–water partition coefficient (Wildman–Crippen LogP) is 3.67. The van der Waals surface area contributed by atoms with Crippen LogP contribution in [0.25, 0.3) is 0 Å². The van der Waals surface area contributed by atoms with Gasteiger partial charge in [-0.3, -0.25) is 4.90 Å². The van der Waals surface area contributed by atoms with E-state index in [0.717, 1.165) is 22.0 Å². The van der Waals surface area contributed by atoms with Crippen molar-refractivity contribution in [2.45, 2.75) is 12.6 Å². The van der Waals surface area contributed by atoms with Gasteiger partial charge in [-0.15, -0.1) is 11.3 Å². The van der Waals surface area contributed by atoms with E-state index >= 15 is 0 Å². The highest BCUT2D eigenvalue weighted by molar-refractivity contribution is 7.10. The number of halogens is 2. The van der Waals surface area contributed by atoms with Gasteiger partial charge >= 0.3 is 0 Å². The molecule has 0 spiro atoms. The fourth-order valence-corrected chi connectivity index (χ4v) is 3.27. The van der Waals surface area contributed by atoms with Crippen molar-refractivity contribution in [3.05, 3.63) is 57.0 Å². The van der Waals surface area contributed by atoms with Crippen molar-refractivity contribution in [3.8, 4) is 0 Å². The van der Waals surface area contributed by atoms with Crippen molar-refractivity contribution < 1.29 is 4.39 Å². The first-order valence-corrected chi connectivity index (χ1v) is 7.24. The third-order valence-corrected chi connectivity index (χ3v) is 4.40. The van der Waals surface area contributed by atoms with Crippen LogP contribution in [0.3, 0.4) is 0 Å². The van der Waals surface area contributed by atoms with E-state index in [2.05, 4.69) is 4.90 Å². The summed E-state index contributed by atoms with van der Waals surface area (Å²) in [6, 6.07) is 8.61. The van der Waals surface area contributed by atoms with Crippen LogP contribution in [0.2, 0.25) is 5.02 Å². The molecule has 19 heavy (non-hydrogen) atoms. The highest BCUT2D eigenvalue weighted by atomic mass is 35.5. The van der Waals surface area contributed by atoms with E-state index in [1.165, 1.54) is 12.1 Å². The lowest BCUT2D eigenvalue weighted by atomic mass is 10.1. The van der Waals surface area contributed by atoms with Crippen LogP contribution in [0.1, 0.15) is 16.5 Å². The second kappa shape index (κ2) is 6.48. The molecular weight excluding hydrogens is 283 g/mol. The molecule has 2 nitrogen and oxygen atoms in total. The molecular formula is C14H16ClFN2S. The van der Waals surface area contributed by atoms with Gasteiger partial charge in [0, 0.05) is 23.3 Å². The second-order valence-corrected chi connectivity index (χ2v) is 5.84. The Morgan fingerprint density at radius 2 is 2.05 bits per heavy atom. The van der Waals surface area contributed by atoms with E-state index in [9.17, 15) is 4.39 Å². The van der Waals surface area contributed by atoms with Gasteiger partial charge in [-0.05, 0) is 30.8 Å². The molecule has 0 saturated carbocycles. The molecule has 5 heteroatoms. The number of benzene rings is 1. The number of nitrogens with zero attached hydrogens (tertiary/aromatic N) is 1. The van der Waals surface area contributed by atoms with Crippen molar-refractivity contribution in [1.82, 2.24) is 4.90 Å². The summed E-state index contributed by atoms with van der Waals surface area (Å²) in [5.41, 5.74) is 6.91. The Balaban J connectivity index is 2.08. The van der Waals surface area contributed by atoms with Gasteiger partial charge in [0.25, 0.3) is 0 Å². The van der Waals surface area contributed by atoms with Gasteiger partial charge in [-0.25, -0.2) is 4.39 Å². The Bertz CT molecular complexity index is 526. The molecule has 0 aliphatic rings. The summed E-state index contributed by atoms with van der Waals surface area (Å²) in [5, 5.41) is 2.65. The normalized spacial score (nSPS) is 12.9. The molecule has 1 aromatic heterocycles. The predicted molar refractivity (Wildman–Crippen MR) is 79.0 cm³/mol. The first kappa shape index (κ1) is 14.5. The molecule has 102 valence electrons. The minimum absolute atomic E-state index is 0.127. The molecule has 0 aliphatic heterocycles. The number of thiophene rings is 1. The van der Waals surface area contributed by atoms with Gasteiger partial charge in [0.05, 0.1) is 11.1 Å². The van der Waals surface area contributed by atoms with E-state index in [1.807, 2.05) is 18.5 Å². The van der Waals surface area contributed by atoms with E-state index in [0.29, 0.717) is 6.54 Å². The minimum Gasteiger partial charge on any atom is -0.329 e. The third kappa shape index (κ3) is 3.76. The molecule has 0 bridgehead atoms. The van der Waals surface area contributed by atoms with Crippen LogP contribution in [0.15, 0.2) is 35.7 Å². The Morgan fingerprint density at radius 3 is 2.58 bits per heavy atom. The van der Waals surface area contributed by atoms with Crippen LogP contribution in [0, 0.1) is 5.82 Å². The van der Waals surface area contributed by atoms with Crippen LogP contribution in [-0.2, 0) is 6.54 Å². The molecule has 2 aromatic rings. The van der Waals surface area contributed by atoms with Crippen LogP contribution in [0.4, 0.5) is 4.39 Å². The molecule has 0 amide bonds. The molecule has 0 aliphatic carbocycles. The summed E-state index contributed by atoms with van der Waals surface area (Å²) < 4.78 is 12.9. The quantitative estimate of drug-likeness (QED) is 0.912. The summed E-state index contributed by atoms with van der Waals surface area (Å²) >= 11 is 7.56. The maximum atomic E-state index is 12.9. The number of rotatable bonds is 5. The van der Waals surface area contributed by atoms with Crippen molar-refractivity contribution >= 4 is 22.9 Å². The summed E-state index contributed by atoms with van der Waals surface area (Å²) in [5.74, 6) is -0.216. The molecule has 0 radical (unpaired) electrons. The molecule has 1 aromatic carbocycles. The highest BCUT2D eigenvalue weighted by Gasteiger charge is 2.17. The number of hydrogen-bond donors (Lipinski definition) is 1. The molecule has 1 atom stereocenters. The Hall–Kier alpha value is -0.940. The highest BCUT2D eigenvalue weighted by Crippen LogP contribution is 2.28. The molecule has 2 rings (SSSR count). The van der Waals surface area contributed by atoms with Gasteiger partial charge in [0.2, 0.25) is 0 Å². The molecule has 1 heterocycles. The van der Waals surface area contributed by atoms with Gasteiger partial charge in [-0.2, -0.15) is 0 Å². The Morgan fingerprint density at radius 1 is 1.37 bits per heavy atom. The van der Waals surface area contributed by atoms with Gasteiger partial charge in [-0.1, -0.05) is 23.7 Å². The van der Waals surface area contributed by atoms with Crippen LogP contribution in [0.5, 0.6) is 0 Å². The average molecular weight is 299 g/mol. The zero-order valence-corrected chi connectivity index (χ0v) is 12.2. The summed E-state index contributed by atoms with van der Waals surface area (Å²) in [7, 11) is 2.01. The number of likely N-dealkylation sites (N-methyl/N-ethyl adjacent to an activating group) is 1. The minimum atomic E-state index is -0.216. The van der Waals surface area contributed by atoms with Crippen molar-refractivity contribution in [2.75, 3.05) is 13.6 Å². The SMILES string of the molecule is CN(Cc1ccc(F)cc1)C(CN)c1cc(Cl)cs1. The molecule has 0 saturated heterocycles. The molecule has 1 unspecified atom stereocenters. The lowest BCUT2D eigenvalue weighted by Crippen LogP contribution is -2.29. The topological polar surface area (TPSA) is 29.3 Å². The largest absolute Gasteiger partial charge is 0.329 e. The molecule has 2 N–H and O–H groups in total. The number of hydrogen-bond acceptors (Lipinski definition) is 3. The summed E-state index contributed by atoms with van der Waals surface area (Å²) in [6.07, 6.45) is 0. The Labute approximate surface area is 121 Å². The maximum absolute atomic E-state index is 12.9. The lowest BCUT2D eigenvalue weighted by molar-refractivity contribution is 0.245. The Kier molecular flexibility index (Phi) is 4.93. The van der Waals surface area contributed by atoms with Crippen LogP contribution >= 0.6 is 22.9 Å². The standard InChI is InChI=1S/C14H16ClFN2S/c1-18(8-10-2-4-12(16)5-3-10)13(7-17)14-6-11(15)9-19-14/h2-6,9,13H,7-8,17H2,1H3. The summed E-state index contributed by atoms with van der Waals surface area (Å²) in [6.45, 7) is 1.24. The van der Waals surface area contributed by atoms with E-state index in [4.69, 9.17) is 17.3 Å². The van der Waals surface area contributed by atoms with Crippen molar-refractivity contribution in [3.63, 3.8) is 0 Å². The number of nitrogens with two attached hydrogens (primary N) is 1. The fraction of sp³-hybridized carbons (Fsp3) is 0.286. The van der Waals surface area contributed by atoms with Gasteiger partial charge < -0.3 is 5.73 Å². The van der Waals surface area contributed by atoms with E-state index < -0.39 is 0 Å². The second-order valence-electron chi connectivity index (χ2n) is 4.46. The maximum Gasteiger partial charge on any atom is 0.123 e. The first-order chi connectivity index (χ1) is 9.10. The van der Waals surface area contributed by atoms with Crippen molar-refractivity contribution in [1.29, 1.82) is 0 Å². The van der Waals surface area contributed by atoms with Crippen LogP contribution < -0.4 is 5.73 Å². The third-order valence-electron chi connectivity index (χ3n) is 3.02. The van der Waals surface area contributed by atoms with Crippen molar-refractivity contribution in [2.24, 2.45) is 5.73 Å². The molecule has 0 fully saturated rings. The monoisotopic (exact) mass is 298 g/mol.